The van der Waals surface area contributed by atoms with Crippen molar-refractivity contribution in [3.05, 3.63) is 35.1 Å². The van der Waals surface area contributed by atoms with E-state index in [2.05, 4.69) is 0 Å². The summed E-state index contributed by atoms with van der Waals surface area (Å²) in [6, 6.07) is 0.640. The van der Waals surface area contributed by atoms with E-state index in [-0.39, 0.29) is 13.0 Å². The van der Waals surface area contributed by atoms with E-state index in [1.807, 2.05) is 0 Å². The van der Waals surface area contributed by atoms with Crippen LogP contribution in [0.15, 0.2) is 12.1 Å². The highest BCUT2D eigenvalue weighted by molar-refractivity contribution is 5.72. The predicted octanol–water partition coefficient (Wildman–Crippen LogP) is 2.90. The molecule has 1 aliphatic heterocycles. The Balaban J connectivity index is 2.37. The molecule has 1 aromatic rings. The molecule has 2 atom stereocenters. The summed E-state index contributed by atoms with van der Waals surface area (Å²) in [5.74, 6) is -4.16. The zero-order valence-electron chi connectivity index (χ0n) is 14.8. The van der Waals surface area contributed by atoms with Crippen LogP contribution in [-0.2, 0) is 10.3 Å². The first-order valence-electron chi connectivity index (χ1n) is 8.70. The maximum absolute atomic E-state index is 14.4. The van der Waals surface area contributed by atoms with Crippen LogP contribution in [0.1, 0.15) is 37.7 Å². The highest BCUT2D eigenvalue weighted by Crippen LogP contribution is 2.41. The molecule has 26 heavy (non-hydrogen) atoms. The minimum atomic E-state index is -1.81. The van der Waals surface area contributed by atoms with Crippen molar-refractivity contribution >= 4 is 6.03 Å². The van der Waals surface area contributed by atoms with Crippen molar-refractivity contribution in [3.8, 4) is 0 Å². The van der Waals surface area contributed by atoms with E-state index in [1.54, 1.807) is 7.11 Å². The minimum absolute atomic E-state index is 0.0907. The Morgan fingerprint density at radius 2 is 2.12 bits per heavy atom. The average Bonchev–Trinajstić information content (AvgIpc) is 2.61. The van der Waals surface area contributed by atoms with Gasteiger partial charge in [-0.2, -0.15) is 0 Å². The van der Waals surface area contributed by atoms with Gasteiger partial charge < -0.3 is 20.5 Å². The lowest BCUT2D eigenvalue weighted by molar-refractivity contribution is -0.0589. The Morgan fingerprint density at radius 3 is 2.77 bits per heavy atom. The summed E-state index contributed by atoms with van der Waals surface area (Å²) in [5.41, 5.74) is 3.10. The van der Waals surface area contributed by atoms with Crippen molar-refractivity contribution < 1.29 is 27.8 Å². The van der Waals surface area contributed by atoms with Gasteiger partial charge in [-0.15, -0.1) is 0 Å². The summed E-state index contributed by atoms with van der Waals surface area (Å²) in [6.45, 7) is 0.993. The number of ether oxygens (including phenoxy) is 1. The SMILES string of the molecule is COCCCCC(O)(c1cc(F)cc(F)c1F)C1CCCN(C(N)=O)C1. The third-order valence-corrected chi connectivity index (χ3v) is 5.02. The number of piperidine rings is 1. The van der Waals surface area contributed by atoms with Gasteiger partial charge in [0.1, 0.15) is 5.82 Å². The van der Waals surface area contributed by atoms with Crippen LogP contribution in [0.4, 0.5) is 18.0 Å². The van der Waals surface area contributed by atoms with Crippen LogP contribution in [0, 0.1) is 23.4 Å². The number of methoxy groups -OCH3 is 1. The number of carbonyl (C=O) groups excluding carboxylic acids is 1. The number of nitrogens with two attached hydrogens (primary N) is 1. The Morgan fingerprint density at radius 1 is 1.38 bits per heavy atom. The minimum Gasteiger partial charge on any atom is -0.385 e. The quantitative estimate of drug-likeness (QED) is 0.569. The van der Waals surface area contributed by atoms with Crippen molar-refractivity contribution in [2.45, 2.75) is 37.7 Å². The van der Waals surface area contributed by atoms with Gasteiger partial charge in [-0.05, 0) is 38.2 Å². The molecule has 146 valence electrons. The summed E-state index contributed by atoms with van der Waals surface area (Å²) < 4.78 is 46.9. The van der Waals surface area contributed by atoms with Crippen LogP contribution >= 0.6 is 0 Å². The summed E-state index contributed by atoms with van der Waals surface area (Å²) in [4.78, 5) is 12.9. The van der Waals surface area contributed by atoms with Gasteiger partial charge in [0.15, 0.2) is 11.6 Å². The summed E-state index contributed by atoms with van der Waals surface area (Å²) >= 11 is 0. The first-order chi connectivity index (χ1) is 12.3. The average molecular weight is 374 g/mol. The monoisotopic (exact) mass is 374 g/mol. The topological polar surface area (TPSA) is 75.8 Å². The maximum atomic E-state index is 14.4. The number of hydrogen-bond acceptors (Lipinski definition) is 3. The number of urea groups is 1. The summed E-state index contributed by atoms with van der Waals surface area (Å²) in [7, 11) is 1.54. The molecule has 1 heterocycles. The van der Waals surface area contributed by atoms with Crippen LogP contribution in [0.2, 0.25) is 0 Å². The van der Waals surface area contributed by atoms with E-state index in [0.717, 1.165) is 6.07 Å². The van der Waals surface area contributed by atoms with Crippen LogP contribution < -0.4 is 5.73 Å². The lowest BCUT2D eigenvalue weighted by atomic mass is 9.74. The highest BCUT2D eigenvalue weighted by atomic mass is 19.2. The highest BCUT2D eigenvalue weighted by Gasteiger charge is 2.43. The van der Waals surface area contributed by atoms with Gasteiger partial charge in [0.05, 0.1) is 5.60 Å². The third-order valence-electron chi connectivity index (χ3n) is 5.02. The predicted molar refractivity (Wildman–Crippen MR) is 89.8 cm³/mol. The molecule has 0 aromatic heterocycles. The number of aliphatic hydroxyl groups is 1. The molecule has 8 heteroatoms. The number of rotatable bonds is 7. The second-order valence-electron chi connectivity index (χ2n) is 6.75. The zero-order valence-corrected chi connectivity index (χ0v) is 14.8. The smallest absolute Gasteiger partial charge is 0.314 e. The van der Waals surface area contributed by atoms with Gasteiger partial charge in [-0.3, -0.25) is 0 Å². The molecular formula is C18H25F3N2O3. The van der Waals surface area contributed by atoms with Crippen LogP contribution in [0.3, 0.4) is 0 Å². The molecule has 0 aliphatic carbocycles. The first kappa shape index (κ1) is 20.5. The van der Waals surface area contributed by atoms with Crippen molar-refractivity contribution in [1.82, 2.24) is 4.90 Å². The number of halogens is 3. The molecular weight excluding hydrogens is 349 g/mol. The Hall–Kier alpha value is -1.80. The number of unbranched alkanes of at least 4 members (excludes halogenated alkanes) is 1. The molecule has 2 amide bonds. The van der Waals surface area contributed by atoms with Gasteiger partial charge in [-0.25, -0.2) is 18.0 Å². The fourth-order valence-electron chi connectivity index (χ4n) is 3.64. The number of primary amides is 1. The fraction of sp³-hybridized carbons (Fsp3) is 0.611. The molecule has 0 bridgehead atoms. The lowest BCUT2D eigenvalue weighted by Crippen LogP contribution is -2.50. The van der Waals surface area contributed by atoms with E-state index in [0.29, 0.717) is 44.9 Å². The number of likely N-dealkylation sites (tertiary alicyclic amines) is 1. The number of benzene rings is 1. The Bertz CT molecular complexity index is 644. The molecule has 0 saturated carbocycles. The lowest BCUT2D eigenvalue weighted by Gasteiger charge is -2.42. The second-order valence-corrected chi connectivity index (χ2v) is 6.75. The number of hydrogen-bond donors (Lipinski definition) is 2. The van der Waals surface area contributed by atoms with Gasteiger partial charge in [0, 0.05) is 44.4 Å². The normalized spacial score (nSPS) is 20.0. The summed E-state index contributed by atoms with van der Waals surface area (Å²) in [6.07, 6.45) is 2.21. The number of amides is 2. The standard InChI is InChI=1S/C18H25F3N2O3/c1-26-8-3-2-6-18(25,12-5-4-7-23(11-12)17(22)24)14-9-13(19)10-15(20)16(14)21/h9-10,12,25H,2-8,11H2,1H3,(H2,22,24). The van der Waals surface area contributed by atoms with Crippen LogP contribution in [0.25, 0.3) is 0 Å². The van der Waals surface area contributed by atoms with E-state index >= 15 is 0 Å². The van der Waals surface area contributed by atoms with E-state index in [1.165, 1.54) is 4.90 Å². The molecule has 1 fully saturated rings. The van der Waals surface area contributed by atoms with E-state index in [4.69, 9.17) is 10.5 Å². The van der Waals surface area contributed by atoms with Gasteiger partial charge in [0.25, 0.3) is 0 Å². The van der Waals surface area contributed by atoms with E-state index < -0.39 is 40.6 Å². The van der Waals surface area contributed by atoms with Crippen LogP contribution in [-0.4, -0.2) is 42.8 Å². The third kappa shape index (κ3) is 4.48. The molecule has 2 rings (SSSR count). The van der Waals surface area contributed by atoms with Gasteiger partial charge >= 0.3 is 6.03 Å². The van der Waals surface area contributed by atoms with Gasteiger partial charge in [-0.1, -0.05) is 0 Å². The second kappa shape index (κ2) is 8.73. The molecule has 0 radical (unpaired) electrons. The van der Waals surface area contributed by atoms with Gasteiger partial charge in [0.2, 0.25) is 0 Å². The maximum Gasteiger partial charge on any atom is 0.314 e. The molecule has 3 N–H and O–H groups in total. The molecule has 1 aliphatic rings. The number of carbonyl (C=O) groups is 1. The van der Waals surface area contributed by atoms with Crippen molar-refractivity contribution in [3.63, 3.8) is 0 Å². The largest absolute Gasteiger partial charge is 0.385 e. The molecule has 2 unspecified atom stereocenters. The van der Waals surface area contributed by atoms with E-state index in [9.17, 15) is 23.1 Å². The number of nitrogens with zero attached hydrogens (tertiary/aromatic N) is 1. The van der Waals surface area contributed by atoms with Crippen molar-refractivity contribution in [2.75, 3.05) is 26.8 Å². The molecule has 5 nitrogen and oxygen atoms in total. The molecule has 1 saturated heterocycles. The fourth-order valence-corrected chi connectivity index (χ4v) is 3.64. The van der Waals surface area contributed by atoms with Crippen molar-refractivity contribution in [1.29, 1.82) is 0 Å². The van der Waals surface area contributed by atoms with Crippen molar-refractivity contribution in [2.24, 2.45) is 11.7 Å². The van der Waals surface area contributed by atoms with Crippen LogP contribution in [0.5, 0.6) is 0 Å². The molecule has 0 spiro atoms. The zero-order chi connectivity index (χ0) is 19.3. The molecule has 1 aromatic carbocycles. The summed E-state index contributed by atoms with van der Waals surface area (Å²) in [5, 5.41) is 11.3. The first-order valence-corrected chi connectivity index (χ1v) is 8.70. The Kier molecular flexibility index (Phi) is 6.88. The Labute approximate surface area is 150 Å².